The van der Waals surface area contributed by atoms with Gasteiger partial charge in [-0.15, -0.1) is 0 Å². The van der Waals surface area contributed by atoms with Crippen LogP contribution < -0.4 is 10.6 Å². The maximum atomic E-state index is 12.2. The fraction of sp³-hybridized carbons (Fsp3) is 0.174. The van der Waals surface area contributed by atoms with Crippen molar-refractivity contribution in [2.45, 2.75) is 13.8 Å². The average Bonchev–Trinajstić information content (AvgIpc) is 3.29. The summed E-state index contributed by atoms with van der Waals surface area (Å²) in [7, 11) is 0. The van der Waals surface area contributed by atoms with Gasteiger partial charge in [-0.1, -0.05) is 18.2 Å². The third-order valence-electron chi connectivity index (χ3n) is 4.64. The molecule has 0 aliphatic carbocycles. The van der Waals surface area contributed by atoms with Gasteiger partial charge in [-0.25, -0.2) is 4.79 Å². The monoisotopic (exact) mass is 405 g/mol. The van der Waals surface area contributed by atoms with E-state index in [1.165, 1.54) is 0 Å². The molecule has 0 aliphatic rings. The van der Waals surface area contributed by atoms with Gasteiger partial charge in [0.1, 0.15) is 0 Å². The number of carbonyl (C=O) groups is 3. The highest BCUT2D eigenvalue weighted by Crippen LogP contribution is 2.17. The zero-order chi connectivity index (χ0) is 21.5. The van der Waals surface area contributed by atoms with Gasteiger partial charge in [-0.3, -0.25) is 9.59 Å². The minimum absolute atomic E-state index is 0.215. The van der Waals surface area contributed by atoms with E-state index in [1.54, 1.807) is 24.3 Å². The van der Waals surface area contributed by atoms with E-state index in [-0.39, 0.29) is 12.5 Å². The van der Waals surface area contributed by atoms with Gasteiger partial charge in [0.2, 0.25) is 5.91 Å². The van der Waals surface area contributed by atoms with Crippen molar-refractivity contribution in [3.63, 3.8) is 0 Å². The number of anilines is 1. The highest BCUT2D eigenvalue weighted by Gasteiger charge is 2.12. The molecule has 2 N–H and O–H groups in total. The fourth-order valence-corrected chi connectivity index (χ4v) is 2.83. The molecular weight excluding hydrogens is 382 g/mol. The summed E-state index contributed by atoms with van der Waals surface area (Å²) in [5.74, 6) is -1.53. The van der Waals surface area contributed by atoms with Crippen molar-refractivity contribution in [3.8, 4) is 5.69 Å². The van der Waals surface area contributed by atoms with Gasteiger partial charge in [0.25, 0.3) is 5.91 Å². The highest BCUT2D eigenvalue weighted by molar-refractivity contribution is 5.96. The van der Waals surface area contributed by atoms with E-state index in [0.717, 1.165) is 16.8 Å². The number of amides is 2. The summed E-state index contributed by atoms with van der Waals surface area (Å²) in [5, 5.41) is 5.20. The van der Waals surface area contributed by atoms with Crippen LogP contribution in [-0.2, 0) is 14.3 Å². The molecule has 0 bridgehead atoms. The van der Waals surface area contributed by atoms with Gasteiger partial charge >= 0.3 is 5.97 Å². The SMILES string of the molecule is Cc1cccc(NC(=O)CNC(=O)COC(=O)c2cccc(-n3cccc3)c2)c1C. The van der Waals surface area contributed by atoms with Crippen molar-refractivity contribution < 1.29 is 19.1 Å². The molecule has 0 unspecified atom stereocenters. The summed E-state index contributed by atoms with van der Waals surface area (Å²) < 4.78 is 6.91. The molecule has 3 rings (SSSR count). The second-order valence-corrected chi connectivity index (χ2v) is 6.79. The Balaban J connectivity index is 1.46. The van der Waals surface area contributed by atoms with E-state index in [4.69, 9.17) is 4.74 Å². The van der Waals surface area contributed by atoms with Crippen LogP contribution in [0.2, 0.25) is 0 Å². The topological polar surface area (TPSA) is 89.4 Å². The summed E-state index contributed by atoms with van der Waals surface area (Å²) >= 11 is 0. The van der Waals surface area contributed by atoms with Crippen LogP contribution in [0.3, 0.4) is 0 Å². The third kappa shape index (κ3) is 5.35. The van der Waals surface area contributed by atoms with Crippen LogP contribution in [0.1, 0.15) is 21.5 Å². The minimum Gasteiger partial charge on any atom is -0.452 e. The molecule has 7 nitrogen and oxygen atoms in total. The molecule has 7 heteroatoms. The fourth-order valence-electron chi connectivity index (χ4n) is 2.83. The van der Waals surface area contributed by atoms with Gasteiger partial charge in [0.05, 0.1) is 12.1 Å². The van der Waals surface area contributed by atoms with Gasteiger partial charge < -0.3 is 19.9 Å². The molecule has 1 heterocycles. The Morgan fingerprint density at radius 1 is 0.933 bits per heavy atom. The van der Waals surface area contributed by atoms with Crippen molar-refractivity contribution in [2.75, 3.05) is 18.5 Å². The zero-order valence-corrected chi connectivity index (χ0v) is 16.8. The van der Waals surface area contributed by atoms with Gasteiger partial charge in [0, 0.05) is 23.8 Å². The van der Waals surface area contributed by atoms with Crippen LogP contribution in [0, 0.1) is 13.8 Å². The van der Waals surface area contributed by atoms with Crippen molar-refractivity contribution >= 4 is 23.5 Å². The molecule has 0 spiro atoms. The number of hydrogen-bond acceptors (Lipinski definition) is 4. The number of rotatable bonds is 7. The van der Waals surface area contributed by atoms with Crippen molar-refractivity contribution in [1.29, 1.82) is 0 Å². The lowest BCUT2D eigenvalue weighted by atomic mass is 10.1. The molecule has 0 aliphatic heterocycles. The molecule has 1 aromatic heterocycles. The first-order valence-corrected chi connectivity index (χ1v) is 9.47. The molecule has 3 aromatic rings. The standard InChI is InChI=1S/C23H23N3O4/c1-16-7-5-10-20(17(16)2)25-21(27)14-24-22(28)15-30-23(29)18-8-6-9-19(13-18)26-11-3-4-12-26/h3-13H,14-15H2,1-2H3,(H,24,28)(H,25,27). The number of carbonyl (C=O) groups excluding carboxylic acids is 3. The maximum absolute atomic E-state index is 12.2. The lowest BCUT2D eigenvalue weighted by molar-refractivity contribution is -0.126. The van der Waals surface area contributed by atoms with Crippen molar-refractivity contribution in [1.82, 2.24) is 9.88 Å². The van der Waals surface area contributed by atoms with E-state index in [2.05, 4.69) is 10.6 Å². The lowest BCUT2D eigenvalue weighted by Crippen LogP contribution is -2.35. The van der Waals surface area contributed by atoms with Crippen LogP contribution in [0.25, 0.3) is 5.69 Å². The first-order chi connectivity index (χ1) is 14.4. The zero-order valence-electron chi connectivity index (χ0n) is 16.8. The van der Waals surface area contributed by atoms with Crippen molar-refractivity contribution in [3.05, 3.63) is 83.7 Å². The Hall–Kier alpha value is -3.87. The van der Waals surface area contributed by atoms with Crippen LogP contribution >= 0.6 is 0 Å². The largest absolute Gasteiger partial charge is 0.452 e. The normalized spacial score (nSPS) is 10.3. The van der Waals surface area contributed by atoms with Gasteiger partial charge in [-0.05, 0) is 61.4 Å². The number of aryl methyl sites for hydroxylation is 1. The van der Waals surface area contributed by atoms with Crippen LogP contribution in [0.4, 0.5) is 5.69 Å². The number of benzene rings is 2. The van der Waals surface area contributed by atoms with E-state index < -0.39 is 18.5 Å². The molecular formula is C23H23N3O4. The summed E-state index contributed by atoms with van der Waals surface area (Å²) in [6.45, 7) is 3.18. The quantitative estimate of drug-likeness (QED) is 0.592. The summed E-state index contributed by atoms with van der Waals surface area (Å²) in [6, 6.07) is 16.3. The second kappa shape index (κ2) is 9.56. The molecule has 0 atom stereocenters. The highest BCUT2D eigenvalue weighted by atomic mass is 16.5. The van der Waals surface area contributed by atoms with Crippen LogP contribution in [-0.4, -0.2) is 35.5 Å². The molecule has 2 aromatic carbocycles. The molecule has 30 heavy (non-hydrogen) atoms. The Kier molecular flexibility index (Phi) is 6.64. The van der Waals surface area contributed by atoms with E-state index in [9.17, 15) is 14.4 Å². The van der Waals surface area contributed by atoms with E-state index >= 15 is 0 Å². The first-order valence-electron chi connectivity index (χ1n) is 9.47. The van der Waals surface area contributed by atoms with Crippen molar-refractivity contribution in [2.24, 2.45) is 0 Å². The number of nitrogens with one attached hydrogen (secondary N) is 2. The van der Waals surface area contributed by atoms with E-state index in [1.807, 2.05) is 61.1 Å². The number of ether oxygens (including phenoxy) is 1. The Morgan fingerprint density at radius 2 is 1.67 bits per heavy atom. The number of nitrogens with zero attached hydrogens (tertiary/aromatic N) is 1. The predicted octanol–water partition coefficient (Wildman–Crippen LogP) is 3.01. The molecule has 0 radical (unpaired) electrons. The number of esters is 1. The Labute approximate surface area is 174 Å². The minimum atomic E-state index is -0.612. The average molecular weight is 405 g/mol. The summed E-state index contributed by atoms with van der Waals surface area (Å²) in [4.78, 5) is 36.2. The molecule has 0 saturated carbocycles. The maximum Gasteiger partial charge on any atom is 0.338 e. The molecule has 0 saturated heterocycles. The second-order valence-electron chi connectivity index (χ2n) is 6.79. The predicted molar refractivity (Wildman–Crippen MR) is 114 cm³/mol. The summed E-state index contributed by atoms with van der Waals surface area (Å²) in [6.07, 6.45) is 3.72. The molecule has 154 valence electrons. The van der Waals surface area contributed by atoms with Gasteiger partial charge in [-0.2, -0.15) is 0 Å². The lowest BCUT2D eigenvalue weighted by Gasteiger charge is -2.11. The number of aromatic nitrogens is 1. The molecule has 0 fully saturated rings. The number of hydrogen-bond donors (Lipinski definition) is 2. The Bertz CT molecular complexity index is 1060. The third-order valence-corrected chi connectivity index (χ3v) is 4.64. The van der Waals surface area contributed by atoms with Crippen LogP contribution in [0.15, 0.2) is 67.0 Å². The smallest absolute Gasteiger partial charge is 0.338 e. The molecule has 2 amide bonds. The Morgan fingerprint density at radius 3 is 2.43 bits per heavy atom. The van der Waals surface area contributed by atoms with E-state index in [0.29, 0.717) is 11.3 Å². The first kappa shape index (κ1) is 20.9. The van der Waals surface area contributed by atoms with Gasteiger partial charge in [0.15, 0.2) is 6.61 Å². The summed E-state index contributed by atoms with van der Waals surface area (Å²) in [5.41, 5.74) is 3.87. The van der Waals surface area contributed by atoms with Crippen LogP contribution in [0.5, 0.6) is 0 Å².